The molecule has 0 spiro atoms. The molecule has 2 heterocycles. The van der Waals surface area contributed by atoms with Crippen LogP contribution in [-0.4, -0.2) is 16.8 Å². The highest BCUT2D eigenvalue weighted by Gasteiger charge is 2.26. The van der Waals surface area contributed by atoms with E-state index in [2.05, 4.69) is 10.3 Å². The van der Waals surface area contributed by atoms with Gasteiger partial charge in [0.05, 0.1) is 5.69 Å². The predicted octanol–water partition coefficient (Wildman–Crippen LogP) is 4.19. The van der Waals surface area contributed by atoms with Gasteiger partial charge in [0, 0.05) is 27.1 Å². The van der Waals surface area contributed by atoms with Crippen molar-refractivity contribution in [2.24, 2.45) is 0 Å². The third-order valence-corrected chi connectivity index (χ3v) is 5.06. The van der Waals surface area contributed by atoms with Crippen LogP contribution in [0.1, 0.15) is 26.6 Å². The molecule has 0 aliphatic carbocycles. The maximum absolute atomic E-state index is 12.3. The van der Waals surface area contributed by atoms with Crippen molar-refractivity contribution < 1.29 is 14.3 Å². The lowest BCUT2D eigenvalue weighted by atomic mass is 9.94. The van der Waals surface area contributed by atoms with Crippen LogP contribution in [0.5, 0.6) is 5.75 Å². The molecule has 1 N–H and O–H groups in total. The molecule has 3 aromatic rings. The predicted molar refractivity (Wildman–Crippen MR) is 105 cm³/mol. The van der Waals surface area contributed by atoms with Crippen LogP contribution < -0.4 is 10.1 Å². The molecule has 0 saturated carbocycles. The standard InChI is InChI=1S/C20H13ClN2O3S/c21-12-5-7-14(8-6-12)26-10-18-22-13(11-27-18)9-17-15-3-1-2-4-16(15)19(24)23-20(17)25/h1-9,11H,10H2,(H,23,24,25)/b17-9+. The summed E-state index contributed by atoms with van der Waals surface area (Å²) in [5.74, 6) is -0.109. The number of carbonyl (C=O) groups is 2. The summed E-state index contributed by atoms with van der Waals surface area (Å²) >= 11 is 7.29. The molecule has 0 radical (unpaired) electrons. The first-order valence-electron chi connectivity index (χ1n) is 8.10. The van der Waals surface area contributed by atoms with Crippen molar-refractivity contribution >= 4 is 46.4 Å². The average molecular weight is 397 g/mol. The molecule has 0 unspecified atom stereocenters. The van der Waals surface area contributed by atoms with E-state index >= 15 is 0 Å². The van der Waals surface area contributed by atoms with Crippen molar-refractivity contribution in [1.82, 2.24) is 10.3 Å². The normalized spacial score (nSPS) is 14.8. The minimum absolute atomic E-state index is 0.316. The molecule has 5 nitrogen and oxygen atoms in total. The zero-order valence-corrected chi connectivity index (χ0v) is 15.5. The second-order valence-electron chi connectivity index (χ2n) is 5.80. The Hall–Kier alpha value is -2.96. The van der Waals surface area contributed by atoms with Crippen LogP contribution in [0.4, 0.5) is 0 Å². The molecular formula is C20H13ClN2O3S. The molecule has 134 valence electrons. The highest BCUT2D eigenvalue weighted by molar-refractivity contribution is 7.09. The molecule has 0 bridgehead atoms. The van der Waals surface area contributed by atoms with Gasteiger partial charge in [0.1, 0.15) is 17.4 Å². The molecule has 1 aliphatic heterocycles. The second-order valence-corrected chi connectivity index (χ2v) is 7.17. The van der Waals surface area contributed by atoms with E-state index in [1.165, 1.54) is 11.3 Å². The lowest BCUT2D eigenvalue weighted by molar-refractivity contribution is -0.114. The van der Waals surface area contributed by atoms with Gasteiger partial charge in [-0.1, -0.05) is 29.8 Å². The number of hydrogen-bond acceptors (Lipinski definition) is 5. The van der Waals surface area contributed by atoms with Crippen molar-refractivity contribution in [2.45, 2.75) is 6.61 Å². The number of carbonyl (C=O) groups excluding carboxylic acids is 2. The van der Waals surface area contributed by atoms with Crippen LogP contribution in [0, 0.1) is 0 Å². The van der Waals surface area contributed by atoms with Gasteiger partial charge < -0.3 is 4.74 Å². The first-order chi connectivity index (χ1) is 13.1. The number of rotatable bonds is 4. The van der Waals surface area contributed by atoms with Crippen LogP contribution in [0.3, 0.4) is 0 Å². The lowest BCUT2D eigenvalue weighted by Gasteiger charge is -2.17. The van der Waals surface area contributed by atoms with E-state index in [1.54, 1.807) is 54.6 Å². The number of nitrogens with one attached hydrogen (secondary N) is 1. The Balaban J connectivity index is 1.55. The van der Waals surface area contributed by atoms with E-state index in [-0.39, 0.29) is 5.91 Å². The highest BCUT2D eigenvalue weighted by Crippen LogP contribution is 2.26. The van der Waals surface area contributed by atoms with Gasteiger partial charge in [0.25, 0.3) is 11.8 Å². The van der Waals surface area contributed by atoms with Crippen LogP contribution in [0.2, 0.25) is 5.02 Å². The van der Waals surface area contributed by atoms with Crippen molar-refractivity contribution in [3.05, 3.63) is 80.8 Å². The number of nitrogens with zero attached hydrogens (tertiary/aromatic N) is 1. The van der Waals surface area contributed by atoms with Gasteiger partial charge in [-0.05, 0) is 36.4 Å². The summed E-state index contributed by atoms with van der Waals surface area (Å²) in [6.07, 6.45) is 1.68. The number of ether oxygens (including phenoxy) is 1. The second kappa shape index (κ2) is 7.34. The maximum Gasteiger partial charge on any atom is 0.258 e. The zero-order chi connectivity index (χ0) is 18.8. The van der Waals surface area contributed by atoms with E-state index in [1.807, 2.05) is 5.38 Å². The smallest absolute Gasteiger partial charge is 0.258 e. The molecular weight excluding hydrogens is 384 g/mol. The molecule has 1 aliphatic rings. The van der Waals surface area contributed by atoms with E-state index in [4.69, 9.17) is 16.3 Å². The first-order valence-corrected chi connectivity index (χ1v) is 9.35. The van der Waals surface area contributed by atoms with Crippen LogP contribution >= 0.6 is 22.9 Å². The van der Waals surface area contributed by atoms with Crippen LogP contribution in [0.15, 0.2) is 53.9 Å². The summed E-state index contributed by atoms with van der Waals surface area (Å²) in [7, 11) is 0. The zero-order valence-electron chi connectivity index (χ0n) is 13.9. The Morgan fingerprint density at radius 2 is 1.78 bits per heavy atom. The minimum Gasteiger partial charge on any atom is -0.486 e. The molecule has 7 heteroatoms. The number of thiazole rings is 1. The highest BCUT2D eigenvalue weighted by atomic mass is 35.5. The van der Waals surface area contributed by atoms with Crippen molar-refractivity contribution in [1.29, 1.82) is 0 Å². The minimum atomic E-state index is -0.425. The maximum atomic E-state index is 12.3. The van der Waals surface area contributed by atoms with Gasteiger partial charge in [-0.2, -0.15) is 0 Å². The van der Waals surface area contributed by atoms with Crippen molar-refractivity contribution in [2.75, 3.05) is 0 Å². The first kappa shape index (κ1) is 17.5. The Kier molecular flexibility index (Phi) is 4.75. The molecule has 1 aromatic heterocycles. The van der Waals surface area contributed by atoms with Gasteiger partial charge >= 0.3 is 0 Å². The Labute approximate surface area is 164 Å². The quantitative estimate of drug-likeness (QED) is 0.530. The average Bonchev–Trinajstić information content (AvgIpc) is 3.12. The topological polar surface area (TPSA) is 68.3 Å². The van der Waals surface area contributed by atoms with E-state index < -0.39 is 5.91 Å². The number of aromatic nitrogens is 1. The van der Waals surface area contributed by atoms with Gasteiger partial charge in [0.2, 0.25) is 0 Å². The Bertz CT molecular complexity index is 1060. The van der Waals surface area contributed by atoms with E-state index in [0.29, 0.717) is 39.8 Å². The molecule has 0 saturated heterocycles. The fourth-order valence-electron chi connectivity index (χ4n) is 2.70. The summed E-state index contributed by atoms with van der Waals surface area (Å²) in [5, 5.41) is 5.63. The summed E-state index contributed by atoms with van der Waals surface area (Å²) < 4.78 is 5.69. The molecule has 0 atom stereocenters. The van der Waals surface area contributed by atoms with Crippen molar-refractivity contribution in [3.8, 4) is 5.75 Å². The van der Waals surface area contributed by atoms with Crippen LogP contribution in [0.25, 0.3) is 11.6 Å². The molecule has 0 fully saturated rings. The number of benzene rings is 2. The number of amides is 2. The number of hydrogen-bond donors (Lipinski definition) is 1. The van der Waals surface area contributed by atoms with Crippen molar-refractivity contribution in [3.63, 3.8) is 0 Å². The van der Waals surface area contributed by atoms with Gasteiger partial charge in [-0.3, -0.25) is 14.9 Å². The summed E-state index contributed by atoms with van der Waals surface area (Å²) in [6.45, 7) is 0.316. The van der Waals surface area contributed by atoms with Gasteiger partial charge in [-0.15, -0.1) is 11.3 Å². The largest absolute Gasteiger partial charge is 0.486 e. The van der Waals surface area contributed by atoms with E-state index in [0.717, 1.165) is 5.01 Å². The molecule has 4 rings (SSSR count). The Morgan fingerprint density at radius 1 is 1.04 bits per heavy atom. The fraction of sp³-hybridized carbons (Fsp3) is 0.0500. The fourth-order valence-corrected chi connectivity index (χ4v) is 3.49. The Morgan fingerprint density at radius 3 is 2.56 bits per heavy atom. The monoisotopic (exact) mass is 396 g/mol. The molecule has 27 heavy (non-hydrogen) atoms. The van der Waals surface area contributed by atoms with Gasteiger partial charge in [0.15, 0.2) is 0 Å². The summed E-state index contributed by atoms with van der Waals surface area (Å²) in [6, 6.07) is 14.1. The number of halogens is 1. The summed E-state index contributed by atoms with van der Waals surface area (Å²) in [5.41, 5.74) is 2.15. The third kappa shape index (κ3) is 3.77. The lowest BCUT2D eigenvalue weighted by Crippen LogP contribution is -2.36. The number of imide groups is 1. The van der Waals surface area contributed by atoms with Gasteiger partial charge in [-0.25, -0.2) is 4.98 Å². The molecule has 2 aromatic carbocycles. The van der Waals surface area contributed by atoms with Crippen LogP contribution in [-0.2, 0) is 11.4 Å². The number of fused-ring (bicyclic) bond motifs is 1. The SMILES string of the molecule is O=C1NC(=O)c2ccccc2/C1=C\c1csc(COc2ccc(Cl)cc2)n1. The summed E-state index contributed by atoms with van der Waals surface area (Å²) in [4.78, 5) is 28.7. The van der Waals surface area contributed by atoms with E-state index in [9.17, 15) is 9.59 Å². The third-order valence-electron chi connectivity index (χ3n) is 3.97. The molecule has 2 amide bonds.